The number of carbonyl (C=O) groups excluding carboxylic acids is 2. The van der Waals surface area contributed by atoms with Gasteiger partial charge in [-0.15, -0.1) is 0 Å². The van der Waals surface area contributed by atoms with E-state index in [4.69, 9.17) is 9.47 Å². The lowest BCUT2D eigenvalue weighted by Gasteiger charge is -2.27. The third-order valence-electron chi connectivity index (χ3n) is 5.32. The second kappa shape index (κ2) is 10.1. The van der Waals surface area contributed by atoms with Gasteiger partial charge >= 0.3 is 12.1 Å². The van der Waals surface area contributed by atoms with Crippen LogP contribution < -0.4 is 15.0 Å². The van der Waals surface area contributed by atoms with E-state index in [9.17, 15) is 9.59 Å². The number of rotatable bonds is 3. The lowest BCUT2D eigenvalue weighted by atomic mass is 10.3. The maximum atomic E-state index is 12.7. The van der Waals surface area contributed by atoms with E-state index in [1.807, 2.05) is 30.3 Å². The van der Waals surface area contributed by atoms with Crippen molar-refractivity contribution < 1.29 is 19.1 Å². The van der Waals surface area contributed by atoms with Crippen LogP contribution in [0.15, 0.2) is 48.7 Å². The summed E-state index contributed by atoms with van der Waals surface area (Å²) >= 11 is 0. The number of para-hydroxylation sites is 1. The lowest BCUT2D eigenvalue weighted by Crippen LogP contribution is -2.40. The van der Waals surface area contributed by atoms with E-state index in [2.05, 4.69) is 15.2 Å². The van der Waals surface area contributed by atoms with Crippen LogP contribution in [0, 0.1) is 0 Å². The molecule has 1 aromatic carbocycles. The molecule has 2 saturated heterocycles. The van der Waals surface area contributed by atoms with Crippen molar-refractivity contribution in [3.63, 3.8) is 0 Å². The summed E-state index contributed by atoms with van der Waals surface area (Å²) in [5.41, 5.74) is 0.645. The minimum Gasteiger partial charge on any atom is -0.410 e. The molecule has 9 heteroatoms. The number of amides is 3. The van der Waals surface area contributed by atoms with Gasteiger partial charge in [0.05, 0.1) is 25.1 Å². The number of anilines is 2. The molecule has 0 spiro atoms. The molecule has 1 N–H and O–H groups in total. The van der Waals surface area contributed by atoms with Crippen molar-refractivity contribution in [1.82, 2.24) is 14.8 Å². The molecule has 9 nitrogen and oxygen atoms in total. The Morgan fingerprint density at radius 3 is 2.39 bits per heavy atom. The Kier molecular flexibility index (Phi) is 6.83. The Bertz CT molecular complexity index is 871. The van der Waals surface area contributed by atoms with Crippen molar-refractivity contribution in [3.05, 3.63) is 48.7 Å². The second-order valence-electron chi connectivity index (χ2n) is 7.44. The smallest absolute Gasteiger partial charge is 0.410 e. The molecule has 0 bridgehead atoms. The first-order chi connectivity index (χ1) is 15.2. The number of hydrogen-bond donors (Lipinski definition) is 1. The van der Waals surface area contributed by atoms with Crippen LogP contribution in [-0.4, -0.2) is 79.4 Å². The van der Waals surface area contributed by atoms with Crippen LogP contribution >= 0.6 is 0 Å². The van der Waals surface area contributed by atoms with Crippen LogP contribution in [0.2, 0.25) is 0 Å². The zero-order chi connectivity index (χ0) is 21.5. The van der Waals surface area contributed by atoms with Crippen molar-refractivity contribution in [2.45, 2.75) is 6.42 Å². The normalized spacial score (nSPS) is 17.1. The molecule has 3 heterocycles. The van der Waals surface area contributed by atoms with E-state index < -0.39 is 6.09 Å². The van der Waals surface area contributed by atoms with Gasteiger partial charge in [-0.1, -0.05) is 18.2 Å². The van der Waals surface area contributed by atoms with Gasteiger partial charge in [-0.3, -0.25) is 0 Å². The molecule has 2 aromatic rings. The number of aromatic nitrogens is 1. The molecule has 164 valence electrons. The largest absolute Gasteiger partial charge is 0.415 e. The van der Waals surface area contributed by atoms with Gasteiger partial charge in [0, 0.05) is 39.3 Å². The highest BCUT2D eigenvalue weighted by Crippen LogP contribution is 2.17. The molecule has 0 aliphatic carbocycles. The van der Waals surface area contributed by atoms with Crippen molar-refractivity contribution >= 4 is 23.6 Å². The van der Waals surface area contributed by atoms with E-state index in [0.29, 0.717) is 57.3 Å². The fraction of sp³-hybridized carbons (Fsp3) is 0.409. The predicted molar refractivity (Wildman–Crippen MR) is 117 cm³/mol. The van der Waals surface area contributed by atoms with E-state index in [1.54, 1.807) is 28.1 Å². The van der Waals surface area contributed by atoms with E-state index in [0.717, 1.165) is 18.9 Å². The van der Waals surface area contributed by atoms with Crippen LogP contribution in [0.1, 0.15) is 6.42 Å². The molecule has 0 radical (unpaired) electrons. The summed E-state index contributed by atoms with van der Waals surface area (Å²) < 4.78 is 10.8. The van der Waals surface area contributed by atoms with E-state index >= 15 is 0 Å². The highest BCUT2D eigenvalue weighted by Gasteiger charge is 2.23. The quantitative estimate of drug-likeness (QED) is 0.814. The van der Waals surface area contributed by atoms with E-state index in [-0.39, 0.29) is 6.03 Å². The fourth-order valence-electron chi connectivity index (χ4n) is 3.60. The SMILES string of the molecule is O=C(Nc1ccc(N2CCOCC2)nc1)N1CCCN(C(=O)Oc2ccccc2)CC1. The third-order valence-corrected chi connectivity index (χ3v) is 5.32. The number of morpholine rings is 1. The minimum atomic E-state index is -0.392. The van der Waals surface area contributed by atoms with Gasteiger partial charge in [-0.2, -0.15) is 0 Å². The number of carbonyl (C=O) groups is 2. The summed E-state index contributed by atoms with van der Waals surface area (Å²) in [7, 11) is 0. The summed E-state index contributed by atoms with van der Waals surface area (Å²) in [5.74, 6) is 1.39. The van der Waals surface area contributed by atoms with Crippen molar-refractivity contribution in [2.24, 2.45) is 0 Å². The maximum Gasteiger partial charge on any atom is 0.415 e. The summed E-state index contributed by atoms with van der Waals surface area (Å²) in [4.78, 5) is 35.1. The number of pyridine rings is 1. The molecule has 1 aromatic heterocycles. The fourth-order valence-corrected chi connectivity index (χ4v) is 3.60. The number of nitrogens with one attached hydrogen (secondary N) is 1. The molecule has 31 heavy (non-hydrogen) atoms. The molecular formula is C22H27N5O4. The molecule has 0 saturated carbocycles. The molecule has 0 unspecified atom stereocenters. The summed E-state index contributed by atoms with van der Waals surface area (Å²) in [5, 5.41) is 2.90. The molecule has 2 fully saturated rings. The van der Waals surface area contributed by atoms with Gasteiger partial charge in [-0.05, 0) is 30.7 Å². The van der Waals surface area contributed by atoms with E-state index in [1.165, 1.54) is 0 Å². The average Bonchev–Trinajstić information content (AvgIpc) is 3.07. The lowest BCUT2D eigenvalue weighted by molar-refractivity contribution is 0.122. The van der Waals surface area contributed by atoms with Crippen LogP contribution in [0.25, 0.3) is 0 Å². The summed E-state index contributed by atoms with van der Waals surface area (Å²) in [6.45, 7) is 5.01. The Hall–Kier alpha value is -3.33. The highest BCUT2D eigenvalue weighted by molar-refractivity contribution is 5.89. The van der Waals surface area contributed by atoms with Gasteiger partial charge in [0.15, 0.2) is 0 Å². The summed E-state index contributed by atoms with van der Waals surface area (Å²) in [6.07, 6.45) is 1.96. The number of hydrogen-bond acceptors (Lipinski definition) is 6. The van der Waals surface area contributed by atoms with Crippen LogP contribution in [0.4, 0.5) is 21.1 Å². The first-order valence-electron chi connectivity index (χ1n) is 10.6. The molecule has 2 aliphatic rings. The van der Waals surface area contributed by atoms with Crippen molar-refractivity contribution in [2.75, 3.05) is 62.7 Å². The van der Waals surface area contributed by atoms with Crippen LogP contribution in [-0.2, 0) is 4.74 Å². The van der Waals surface area contributed by atoms with Crippen LogP contribution in [0.5, 0.6) is 5.75 Å². The van der Waals surface area contributed by atoms with Gasteiger partial charge in [0.25, 0.3) is 0 Å². The maximum absolute atomic E-state index is 12.7. The number of ether oxygens (including phenoxy) is 2. The monoisotopic (exact) mass is 425 g/mol. The molecule has 4 rings (SSSR count). The minimum absolute atomic E-state index is 0.195. The molecule has 0 atom stereocenters. The van der Waals surface area contributed by atoms with Gasteiger partial charge < -0.3 is 29.5 Å². The standard InChI is InChI=1S/C22H27N5O4/c28-21(24-18-7-8-20(23-17-18)25-13-15-30-16-14-25)26-9-4-10-27(12-11-26)22(29)31-19-5-2-1-3-6-19/h1-3,5-8,17H,4,9-16H2,(H,24,28). The first kappa shape index (κ1) is 20.9. The van der Waals surface area contributed by atoms with Crippen LogP contribution in [0.3, 0.4) is 0 Å². The van der Waals surface area contributed by atoms with Gasteiger partial charge in [0.2, 0.25) is 0 Å². The van der Waals surface area contributed by atoms with Gasteiger partial charge in [-0.25, -0.2) is 14.6 Å². The van der Waals surface area contributed by atoms with Crippen molar-refractivity contribution in [1.29, 1.82) is 0 Å². The molecular weight excluding hydrogens is 398 g/mol. The van der Waals surface area contributed by atoms with Gasteiger partial charge in [0.1, 0.15) is 11.6 Å². The number of benzene rings is 1. The topological polar surface area (TPSA) is 87.2 Å². The molecule has 3 amide bonds. The zero-order valence-corrected chi connectivity index (χ0v) is 17.4. The number of nitrogens with zero attached hydrogens (tertiary/aromatic N) is 4. The summed E-state index contributed by atoms with van der Waals surface area (Å²) in [6, 6.07) is 12.6. The first-order valence-corrected chi connectivity index (χ1v) is 10.6. The zero-order valence-electron chi connectivity index (χ0n) is 17.4. The predicted octanol–water partition coefficient (Wildman–Crippen LogP) is 2.66. The second-order valence-corrected chi connectivity index (χ2v) is 7.44. The average molecular weight is 425 g/mol. The highest BCUT2D eigenvalue weighted by atomic mass is 16.6. The Morgan fingerprint density at radius 1 is 0.903 bits per heavy atom. The Morgan fingerprint density at radius 2 is 1.65 bits per heavy atom. The Labute approximate surface area is 181 Å². The third kappa shape index (κ3) is 5.64. The Balaban J connectivity index is 1.28. The molecule has 2 aliphatic heterocycles. The number of urea groups is 1. The van der Waals surface area contributed by atoms with Crippen molar-refractivity contribution in [3.8, 4) is 5.75 Å².